The molecule has 0 aliphatic heterocycles. The summed E-state index contributed by atoms with van der Waals surface area (Å²) in [7, 11) is 0. The Morgan fingerprint density at radius 3 is 2.75 bits per heavy atom. The van der Waals surface area contributed by atoms with Crippen LogP contribution in [0.2, 0.25) is 0 Å². The first-order chi connectivity index (χ1) is 5.88. The van der Waals surface area contributed by atoms with Gasteiger partial charge in [0.15, 0.2) is 5.65 Å². The van der Waals surface area contributed by atoms with Crippen molar-refractivity contribution < 1.29 is 1.43 Å². The van der Waals surface area contributed by atoms with Crippen molar-refractivity contribution in [3.8, 4) is 0 Å². The highest BCUT2D eigenvalue weighted by atomic mass is 14.9. The van der Waals surface area contributed by atoms with Gasteiger partial charge in [0.1, 0.15) is 0 Å². The second-order valence-corrected chi connectivity index (χ2v) is 2.23. The quantitative estimate of drug-likeness (QED) is 0.651. The van der Waals surface area contributed by atoms with E-state index in [4.69, 9.17) is 0 Å². The molecule has 3 heteroatoms. The lowest BCUT2D eigenvalue weighted by Crippen LogP contribution is -1.78. The fourth-order valence-electron chi connectivity index (χ4n) is 0.978. The van der Waals surface area contributed by atoms with Crippen molar-refractivity contribution in [3.63, 3.8) is 0 Å². The Morgan fingerprint density at radius 2 is 2.08 bits per heavy atom. The van der Waals surface area contributed by atoms with Gasteiger partial charge in [0.25, 0.3) is 0 Å². The molecule has 0 fully saturated rings. The first-order valence-corrected chi connectivity index (χ1v) is 4.12. The molecule has 0 amide bonds. The van der Waals surface area contributed by atoms with Gasteiger partial charge in [0.2, 0.25) is 0 Å². The van der Waals surface area contributed by atoms with Gasteiger partial charge < -0.3 is 4.98 Å². The van der Waals surface area contributed by atoms with Crippen LogP contribution in [0.4, 0.5) is 0 Å². The van der Waals surface area contributed by atoms with E-state index in [9.17, 15) is 0 Å². The normalized spacial score (nSPS) is 9.25. The van der Waals surface area contributed by atoms with Gasteiger partial charge in [0, 0.05) is 7.62 Å². The van der Waals surface area contributed by atoms with Crippen LogP contribution in [0.15, 0.2) is 18.6 Å². The number of nitrogens with one attached hydrogen (secondary N) is 1. The van der Waals surface area contributed by atoms with Gasteiger partial charge in [-0.15, -0.1) is 0 Å². The van der Waals surface area contributed by atoms with Crippen LogP contribution in [0.1, 0.15) is 20.8 Å². The molecule has 0 radical (unpaired) electrons. The highest BCUT2D eigenvalue weighted by molar-refractivity contribution is 5.73. The number of H-pyrrole nitrogens is 1. The van der Waals surface area contributed by atoms with Gasteiger partial charge in [-0.1, -0.05) is 13.8 Å². The fourth-order valence-corrected chi connectivity index (χ4v) is 0.978. The summed E-state index contributed by atoms with van der Waals surface area (Å²) in [5, 5.41) is 0. The zero-order valence-corrected chi connectivity index (χ0v) is 7.63. The van der Waals surface area contributed by atoms with E-state index in [0.717, 1.165) is 11.2 Å². The molecule has 0 aliphatic rings. The average molecular weight is 165 g/mol. The van der Waals surface area contributed by atoms with Gasteiger partial charge >= 0.3 is 0 Å². The summed E-state index contributed by atoms with van der Waals surface area (Å²) in [5.74, 6) is 0. The standard InChI is InChI=1S/C7H7N3.C2H6.H2/c1-5-2-3-8-7-6(5)9-4-10-7;1-2;/h2-4H,1H3,(H,8,9,10);1-2H3;1H. The minimum Gasteiger partial charge on any atom is -0.343 e. The van der Waals surface area contributed by atoms with Crippen molar-refractivity contribution in [2.45, 2.75) is 20.8 Å². The number of hydrogen-bond donors (Lipinski definition) is 1. The summed E-state index contributed by atoms with van der Waals surface area (Å²) in [6, 6.07) is 1.96. The number of nitrogens with zero attached hydrogens (tertiary/aromatic N) is 2. The van der Waals surface area contributed by atoms with Gasteiger partial charge in [-0.2, -0.15) is 0 Å². The zero-order valence-electron chi connectivity index (χ0n) is 7.63. The molecule has 12 heavy (non-hydrogen) atoms. The molecule has 66 valence electrons. The van der Waals surface area contributed by atoms with E-state index >= 15 is 0 Å². The Hall–Kier alpha value is -1.38. The number of imidazole rings is 1. The SMILES string of the molecule is CC.Cc1ccnc2nc[nH]c12.[HH]. The van der Waals surface area contributed by atoms with Crippen LogP contribution in [0.5, 0.6) is 0 Å². The lowest BCUT2D eigenvalue weighted by atomic mass is 10.3. The smallest absolute Gasteiger partial charge is 0.177 e. The topological polar surface area (TPSA) is 41.6 Å². The van der Waals surface area contributed by atoms with E-state index in [1.807, 2.05) is 26.8 Å². The molecule has 2 rings (SSSR count). The molecule has 0 unspecified atom stereocenters. The van der Waals surface area contributed by atoms with Crippen molar-refractivity contribution >= 4 is 11.2 Å². The summed E-state index contributed by atoms with van der Waals surface area (Å²) in [6.07, 6.45) is 3.42. The summed E-state index contributed by atoms with van der Waals surface area (Å²) in [6.45, 7) is 6.03. The maximum Gasteiger partial charge on any atom is 0.177 e. The van der Waals surface area contributed by atoms with Crippen LogP contribution in [0.3, 0.4) is 0 Å². The zero-order chi connectivity index (χ0) is 8.97. The Morgan fingerprint density at radius 1 is 1.33 bits per heavy atom. The molecule has 0 saturated carbocycles. The van der Waals surface area contributed by atoms with Crippen LogP contribution < -0.4 is 0 Å². The number of pyridine rings is 1. The first-order valence-electron chi connectivity index (χ1n) is 4.12. The molecule has 1 N–H and O–H groups in total. The maximum absolute atomic E-state index is 4.06. The minimum absolute atomic E-state index is 0. The molecule has 2 aromatic heterocycles. The largest absolute Gasteiger partial charge is 0.343 e. The lowest BCUT2D eigenvalue weighted by molar-refractivity contribution is 1.30. The molecular formula is C9H15N3. The van der Waals surface area contributed by atoms with Gasteiger partial charge in [-0.25, -0.2) is 9.97 Å². The lowest BCUT2D eigenvalue weighted by Gasteiger charge is -1.90. The van der Waals surface area contributed by atoms with Crippen molar-refractivity contribution in [1.29, 1.82) is 0 Å². The van der Waals surface area contributed by atoms with Crippen LogP contribution in [-0.2, 0) is 0 Å². The van der Waals surface area contributed by atoms with Crippen molar-refractivity contribution in [1.82, 2.24) is 15.0 Å². The highest BCUT2D eigenvalue weighted by Crippen LogP contribution is 2.09. The van der Waals surface area contributed by atoms with Crippen molar-refractivity contribution in [2.75, 3.05) is 0 Å². The van der Waals surface area contributed by atoms with Crippen molar-refractivity contribution in [3.05, 3.63) is 24.2 Å². The molecular weight excluding hydrogens is 150 g/mol. The van der Waals surface area contributed by atoms with E-state index in [1.54, 1.807) is 12.5 Å². The Labute approximate surface area is 73.3 Å². The Kier molecular flexibility index (Phi) is 2.80. The van der Waals surface area contributed by atoms with E-state index in [0.29, 0.717) is 0 Å². The number of fused-ring (bicyclic) bond motifs is 1. The summed E-state index contributed by atoms with van der Waals surface area (Å²) in [5.41, 5.74) is 3.00. The predicted octanol–water partition coefficient (Wildman–Crippen LogP) is 2.54. The van der Waals surface area contributed by atoms with E-state index in [-0.39, 0.29) is 1.43 Å². The number of aromatic amines is 1. The molecule has 0 bridgehead atoms. The van der Waals surface area contributed by atoms with Crippen LogP contribution >= 0.6 is 0 Å². The molecule has 2 aromatic rings. The number of hydrogen-bond acceptors (Lipinski definition) is 2. The molecule has 0 saturated heterocycles. The van der Waals surface area contributed by atoms with Gasteiger partial charge in [-0.3, -0.25) is 0 Å². The fraction of sp³-hybridized carbons (Fsp3) is 0.333. The second-order valence-electron chi connectivity index (χ2n) is 2.23. The van der Waals surface area contributed by atoms with Gasteiger partial charge in [-0.05, 0) is 18.6 Å². The summed E-state index contributed by atoms with van der Waals surface area (Å²) < 4.78 is 0. The molecule has 2 heterocycles. The molecule has 0 aromatic carbocycles. The summed E-state index contributed by atoms with van der Waals surface area (Å²) in [4.78, 5) is 11.1. The third kappa shape index (κ3) is 1.44. The van der Waals surface area contributed by atoms with E-state index in [2.05, 4.69) is 15.0 Å². The van der Waals surface area contributed by atoms with Crippen LogP contribution in [0, 0.1) is 6.92 Å². The summed E-state index contributed by atoms with van der Waals surface area (Å²) >= 11 is 0. The number of aryl methyl sites for hydroxylation is 1. The average Bonchev–Trinajstić information content (AvgIpc) is 2.57. The van der Waals surface area contributed by atoms with Gasteiger partial charge in [0.05, 0.1) is 11.8 Å². The van der Waals surface area contributed by atoms with E-state index < -0.39 is 0 Å². The molecule has 0 spiro atoms. The monoisotopic (exact) mass is 165 g/mol. The first kappa shape index (κ1) is 8.71. The maximum atomic E-state index is 4.06. The van der Waals surface area contributed by atoms with Crippen LogP contribution in [0.25, 0.3) is 11.2 Å². The number of aromatic nitrogens is 3. The Balaban J connectivity index is 0.000000451. The number of rotatable bonds is 0. The second kappa shape index (κ2) is 3.85. The van der Waals surface area contributed by atoms with E-state index in [1.165, 1.54) is 5.56 Å². The molecule has 0 aliphatic carbocycles. The minimum atomic E-state index is 0. The molecule has 0 atom stereocenters. The van der Waals surface area contributed by atoms with Crippen molar-refractivity contribution in [2.24, 2.45) is 0 Å². The Bertz CT molecular complexity index is 356. The third-order valence-electron chi connectivity index (χ3n) is 1.54. The predicted molar refractivity (Wildman–Crippen MR) is 52.1 cm³/mol. The third-order valence-corrected chi connectivity index (χ3v) is 1.54. The molecule has 3 nitrogen and oxygen atoms in total. The van der Waals surface area contributed by atoms with Crippen LogP contribution in [-0.4, -0.2) is 15.0 Å². The highest BCUT2D eigenvalue weighted by Gasteiger charge is 1.96.